The summed E-state index contributed by atoms with van der Waals surface area (Å²) in [6.45, 7) is 0.257. The summed E-state index contributed by atoms with van der Waals surface area (Å²) in [6.07, 6.45) is -3.05. The van der Waals surface area contributed by atoms with Crippen LogP contribution in [0.25, 0.3) is 0 Å². The van der Waals surface area contributed by atoms with Crippen LogP contribution in [-0.4, -0.2) is 92.9 Å². The molecule has 0 aromatic heterocycles. The summed E-state index contributed by atoms with van der Waals surface area (Å²) < 4.78 is 0. The van der Waals surface area contributed by atoms with Crippen molar-refractivity contribution in [2.45, 2.75) is 50.0 Å². The Labute approximate surface area is 169 Å². The first-order valence-corrected chi connectivity index (χ1v) is 8.48. The van der Waals surface area contributed by atoms with E-state index in [1.807, 2.05) is 16.0 Å². The Morgan fingerprint density at radius 2 is 1.30 bits per heavy atom. The van der Waals surface area contributed by atoms with Gasteiger partial charge in [0, 0.05) is 0 Å². The van der Waals surface area contributed by atoms with Gasteiger partial charge in [-0.2, -0.15) is 0 Å². The lowest BCUT2D eigenvalue weighted by molar-refractivity contribution is -0.147. The normalized spacial score (nSPS) is 15.6. The molecule has 4 amide bonds. The molecule has 0 radical (unpaired) electrons. The molecular weight excluding hydrogens is 410 g/mol. The summed E-state index contributed by atoms with van der Waals surface area (Å²) in [6, 6.07) is -6.66. The van der Waals surface area contributed by atoms with Gasteiger partial charge >= 0.3 is 11.9 Å². The van der Waals surface area contributed by atoms with Crippen molar-refractivity contribution in [3.8, 4) is 0 Å². The average molecular weight is 435 g/mol. The van der Waals surface area contributed by atoms with Gasteiger partial charge in [-0.25, -0.2) is 4.79 Å². The molecule has 0 heterocycles. The summed E-state index contributed by atoms with van der Waals surface area (Å²) in [5.41, 5.74) is 10.4. The summed E-state index contributed by atoms with van der Waals surface area (Å²) in [5.74, 6) is -7.67. The highest BCUT2D eigenvalue weighted by molar-refractivity contribution is 5.96. The molecule has 0 aliphatic carbocycles. The van der Waals surface area contributed by atoms with Crippen LogP contribution >= 0.6 is 0 Å². The van der Waals surface area contributed by atoms with Crippen molar-refractivity contribution in [2.24, 2.45) is 11.5 Å². The molecule has 15 heteroatoms. The number of aliphatic hydroxyl groups is 2. The molecule has 0 saturated carbocycles. The molecule has 0 aromatic carbocycles. The Bertz CT molecular complexity index is 683. The molecule has 30 heavy (non-hydrogen) atoms. The van der Waals surface area contributed by atoms with Gasteiger partial charge in [0.05, 0.1) is 25.6 Å². The topological polar surface area (TPSA) is 271 Å². The molecule has 0 fully saturated rings. The predicted molar refractivity (Wildman–Crippen MR) is 96.2 cm³/mol. The van der Waals surface area contributed by atoms with E-state index in [2.05, 4.69) is 0 Å². The molecule has 0 aliphatic heterocycles. The van der Waals surface area contributed by atoms with Crippen molar-refractivity contribution in [1.29, 1.82) is 0 Å². The molecule has 0 saturated heterocycles. The molecule has 11 N–H and O–H groups in total. The van der Waals surface area contributed by atoms with Crippen LogP contribution in [0.3, 0.4) is 0 Å². The molecule has 5 atom stereocenters. The number of hydrogen-bond donors (Lipinski definition) is 9. The summed E-state index contributed by atoms with van der Waals surface area (Å²) in [5, 5.41) is 42.1. The Hall–Kier alpha value is -3.30. The van der Waals surface area contributed by atoms with Crippen LogP contribution in [0.4, 0.5) is 0 Å². The van der Waals surface area contributed by atoms with Crippen molar-refractivity contribution in [1.82, 2.24) is 16.0 Å². The zero-order valence-electron chi connectivity index (χ0n) is 15.9. The van der Waals surface area contributed by atoms with Gasteiger partial charge < -0.3 is 47.8 Å². The quantitative estimate of drug-likeness (QED) is 0.132. The molecule has 0 spiro atoms. The minimum Gasteiger partial charge on any atom is -0.481 e. The van der Waals surface area contributed by atoms with Crippen molar-refractivity contribution in [2.75, 3.05) is 6.61 Å². The average Bonchev–Trinajstić information content (AvgIpc) is 2.62. The van der Waals surface area contributed by atoms with E-state index in [1.54, 1.807) is 0 Å². The standard InChI is InChI=1S/C15H25N5O10/c1-5(22)11(17)14(28)20-8(4-21)13(27)18-6(2-9(16)23)12(26)19-7(15(29)30)3-10(24)25/h5-8,11,21-22H,2-4,17H2,1H3,(H2,16,23)(H,18,27)(H,19,26)(H,20,28)(H,24,25)(H,29,30). The summed E-state index contributed by atoms with van der Waals surface area (Å²) in [4.78, 5) is 69.3. The third kappa shape index (κ3) is 9.26. The van der Waals surface area contributed by atoms with E-state index in [-0.39, 0.29) is 0 Å². The van der Waals surface area contributed by atoms with E-state index in [0.717, 1.165) is 0 Å². The van der Waals surface area contributed by atoms with E-state index >= 15 is 0 Å². The van der Waals surface area contributed by atoms with Gasteiger partial charge in [-0.3, -0.25) is 24.0 Å². The first-order valence-electron chi connectivity index (χ1n) is 8.48. The lowest BCUT2D eigenvalue weighted by Crippen LogP contribution is -2.59. The van der Waals surface area contributed by atoms with E-state index < -0.39 is 85.3 Å². The lowest BCUT2D eigenvalue weighted by Gasteiger charge is -2.24. The van der Waals surface area contributed by atoms with Crippen LogP contribution in [0.15, 0.2) is 0 Å². The fourth-order valence-corrected chi connectivity index (χ4v) is 2.01. The summed E-state index contributed by atoms with van der Waals surface area (Å²) in [7, 11) is 0. The molecule has 0 aliphatic rings. The monoisotopic (exact) mass is 435 g/mol. The highest BCUT2D eigenvalue weighted by Crippen LogP contribution is 2.00. The highest BCUT2D eigenvalue weighted by atomic mass is 16.4. The zero-order valence-corrected chi connectivity index (χ0v) is 15.9. The summed E-state index contributed by atoms with van der Waals surface area (Å²) >= 11 is 0. The first-order chi connectivity index (χ1) is 13.8. The number of nitrogens with two attached hydrogens (primary N) is 2. The van der Waals surface area contributed by atoms with Crippen LogP contribution < -0.4 is 27.4 Å². The molecule has 170 valence electrons. The van der Waals surface area contributed by atoms with Crippen molar-refractivity contribution in [3.05, 3.63) is 0 Å². The SMILES string of the molecule is CC(O)C(N)C(=O)NC(CO)C(=O)NC(CC(N)=O)C(=O)NC(CC(=O)O)C(=O)O. The van der Waals surface area contributed by atoms with Crippen LogP contribution in [0.2, 0.25) is 0 Å². The second-order valence-electron chi connectivity index (χ2n) is 6.24. The number of carbonyl (C=O) groups is 6. The Balaban J connectivity index is 5.33. The van der Waals surface area contributed by atoms with Gasteiger partial charge in [0.15, 0.2) is 0 Å². The van der Waals surface area contributed by atoms with E-state index in [1.165, 1.54) is 6.92 Å². The second kappa shape index (κ2) is 12.3. The number of nitrogens with one attached hydrogen (secondary N) is 3. The third-order valence-corrected chi connectivity index (χ3v) is 3.67. The minimum atomic E-state index is -1.86. The van der Waals surface area contributed by atoms with Gasteiger partial charge in [-0.15, -0.1) is 0 Å². The maximum Gasteiger partial charge on any atom is 0.326 e. The molecule has 0 rings (SSSR count). The van der Waals surface area contributed by atoms with Gasteiger partial charge in [-0.1, -0.05) is 0 Å². The number of carbonyl (C=O) groups excluding carboxylic acids is 4. The number of primary amides is 1. The van der Waals surface area contributed by atoms with Gasteiger partial charge in [-0.05, 0) is 6.92 Å². The Morgan fingerprint density at radius 3 is 1.70 bits per heavy atom. The number of carboxylic acids is 2. The fraction of sp³-hybridized carbons (Fsp3) is 0.600. The molecular formula is C15H25N5O10. The predicted octanol–water partition coefficient (Wildman–Crippen LogP) is -5.42. The Morgan fingerprint density at radius 1 is 0.833 bits per heavy atom. The number of aliphatic carboxylic acids is 2. The Kier molecular flexibility index (Phi) is 10.9. The number of carboxylic acid groups (broad SMARTS) is 2. The fourth-order valence-electron chi connectivity index (χ4n) is 2.01. The molecule has 0 aromatic rings. The highest BCUT2D eigenvalue weighted by Gasteiger charge is 2.32. The van der Waals surface area contributed by atoms with Crippen molar-refractivity contribution in [3.63, 3.8) is 0 Å². The number of aliphatic hydroxyl groups excluding tert-OH is 2. The lowest BCUT2D eigenvalue weighted by atomic mass is 10.1. The van der Waals surface area contributed by atoms with Crippen molar-refractivity contribution < 1.29 is 49.2 Å². The first kappa shape index (κ1) is 26.7. The largest absolute Gasteiger partial charge is 0.481 e. The molecule has 5 unspecified atom stereocenters. The van der Waals surface area contributed by atoms with Crippen LogP contribution in [-0.2, 0) is 28.8 Å². The van der Waals surface area contributed by atoms with E-state index in [9.17, 15) is 39.0 Å². The van der Waals surface area contributed by atoms with Crippen LogP contribution in [0.1, 0.15) is 19.8 Å². The van der Waals surface area contributed by atoms with Gasteiger partial charge in [0.25, 0.3) is 0 Å². The maximum atomic E-state index is 12.3. The number of hydrogen-bond acceptors (Lipinski definition) is 9. The van der Waals surface area contributed by atoms with E-state index in [4.69, 9.17) is 21.7 Å². The molecule has 15 nitrogen and oxygen atoms in total. The number of rotatable bonds is 13. The van der Waals surface area contributed by atoms with Gasteiger partial charge in [0.1, 0.15) is 24.2 Å². The molecule has 0 bridgehead atoms. The van der Waals surface area contributed by atoms with Crippen molar-refractivity contribution >= 4 is 35.6 Å². The zero-order chi connectivity index (χ0) is 23.6. The minimum absolute atomic E-state index is 0.795. The van der Waals surface area contributed by atoms with Crippen LogP contribution in [0.5, 0.6) is 0 Å². The number of amides is 4. The van der Waals surface area contributed by atoms with Gasteiger partial charge in [0.2, 0.25) is 23.6 Å². The van der Waals surface area contributed by atoms with Crippen LogP contribution in [0, 0.1) is 0 Å². The maximum absolute atomic E-state index is 12.3. The smallest absolute Gasteiger partial charge is 0.326 e. The third-order valence-electron chi connectivity index (χ3n) is 3.67. The van der Waals surface area contributed by atoms with E-state index in [0.29, 0.717) is 0 Å². The second-order valence-corrected chi connectivity index (χ2v) is 6.24.